The van der Waals surface area contributed by atoms with Gasteiger partial charge in [0.15, 0.2) is 0 Å². The summed E-state index contributed by atoms with van der Waals surface area (Å²) >= 11 is 0. The van der Waals surface area contributed by atoms with Crippen LogP contribution in [0.4, 0.5) is 20.2 Å². The lowest BCUT2D eigenvalue weighted by molar-refractivity contribution is 0.619. The topological polar surface area (TPSA) is 29.3 Å². The first-order valence-electron chi connectivity index (χ1n) is 6.61. The summed E-state index contributed by atoms with van der Waals surface area (Å²) in [4.78, 5) is 1.79. The average molecular weight is 276 g/mol. The molecule has 2 aromatic rings. The number of nitrogens with two attached hydrogens (primary N) is 1. The van der Waals surface area contributed by atoms with Crippen molar-refractivity contribution in [2.24, 2.45) is 5.73 Å². The second kappa shape index (κ2) is 6.01. The van der Waals surface area contributed by atoms with Gasteiger partial charge in [0.25, 0.3) is 0 Å². The van der Waals surface area contributed by atoms with Gasteiger partial charge < -0.3 is 10.6 Å². The van der Waals surface area contributed by atoms with Crippen LogP contribution in [0.3, 0.4) is 0 Å². The lowest BCUT2D eigenvalue weighted by Crippen LogP contribution is -2.18. The van der Waals surface area contributed by atoms with Gasteiger partial charge in [-0.05, 0) is 55.8 Å². The zero-order chi connectivity index (χ0) is 14.7. The maximum atomic E-state index is 14.2. The minimum Gasteiger partial charge on any atom is -0.339 e. The van der Waals surface area contributed by atoms with Crippen LogP contribution in [-0.2, 0) is 0 Å². The normalized spacial score (nSPS) is 12.2. The Labute approximate surface area is 117 Å². The van der Waals surface area contributed by atoms with Crippen LogP contribution in [0, 0.1) is 11.6 Å². The first-order valence-corrected chi connectivity index (χ1v) is 6.61. The van der Waals surface area contributed by atoms with Gasteiger partial charge in [0.05, 0.1) is 5.69 Å². The standard InChI is InChI=1S/C16H18F2N2/c1-3-20(14-7-5-13(17)6-8-14)16-9-4-12(11(2)19)10-15(16)18/h4-11H,3,19H2,1-2H3/t11-/m1/s1. The molecule has 0 radical (unpaired) electrons. The van der Waals surface area contributed by atoms with Crippen LogP contribution in [0.25, 0.3) is 0 Å². The highest BCUT2D eigenvalue weighted by Crippen LogP contribution is 2.29. The summed E-state index contributed by atoms with van der Waals surface area (Å²) in [5, 5.41) is 0. The van der Waals surface area contributed by atoms with E-state index in [-0.39, 0.29) is 17.7 Å². The molecule has 0 amide bonds. The van der Waals surface area contributed by atoms with Gasteiger partial charge in [-0.1, -0.05) is 6.07 Å². The zero-order valence-corrected chi connectivity index (χ0v) is 11.6. The molecule has 2 N–H and O–H groups in total. The van der Waals surface area contributed by atoms with Gasteiger partial charge in [0.1, 0.15) is 11.6 Å². The predicted molar refractivity (Wildman–Crippen MR) is 78.1 cm³/mol. The van der Waals surface area contributed by atoms with Crippen molar-refractivity contribution in [3.63, 3.8) is 0 Å². The van der Waals surface area contributed by atoms with Gasteiger partial charge in [-0.3, -0.25) is 0 Å². The van der Waals surface area contributed by atoms with E-state index in [0.29, 0.717) is 12.2 Å². The SMILES string of the molecule is CCN(c1ccc(F)cc1)c1ccc([C@@H](C)N)cc1F. The number of benzene rings is 2. The van der Waals surface area contributed by atoms with Crippen LogP contribution in [-0.4, -0.2) is 6.54 Å². The zero-order valence-electron chi connectivity index (χ0n) is 11.6. The number of rotatable bonds is 4. The molecule has 0 saturated heterocycles. The van der Waals surface area contributed by atoms with Crippen LogP contribution in [0.15, 0.2) is 42.5 Å². The minimum absolute atomic E-state index is 0.209. The summed E-state index contributed by atoms with van der Waals surface area (Å²) < 4.78 is 27.2. The van der Waals surface area contributed by atoms with E-state index in [4.69, 9.17) is 5.73 Å². The Morgan fingerprint density at radius 1 is 1.10 bits per heavy atom. The molecule has 0 saturated carbocycles. The van der Waals surface area contributed by atoms with Gasteiger partial charge in [-0.15, -0.1) is 0 Å². The molecule has 0 aliphatic carbocycles. The maximum absolute atomic E-state index is 14.2. The molecule has 2 aromatic carbocycles. The van der Waals surface area contributed by atoms with Crippen LogP contribution < -0.4 is 10.6 Å². The third kappa shape index (κ3) is 2.96. The van der Waals surface area contributed by atoms with E-state index in [0.717, 1.165) is 11.3 Å². The Morgan fingerprint density at radius 3 is 2.25 bits per heavy atom. The van der Waals surface area contributed by atoms with E-state index in [2.05, 4.69) is 0 Å². The second-order valence-electron chi connectivity index (χ2n) is 4.72. The van der Waals surface area contributed by atoms with E-state index in [1.807, 2.05) is 19.9 Å². The predicted octanol–water partition coefficient (Wildman–Crippen LogP) is 4.14. The number of hydrogen-bond acceptors (Lipinski definition) is 2. The van der Waals surface area contributed by atoms with Crippen LogP contribution in [0.5, 0.6) is 0 Å². The molecule has 2 rings (SSSR count). The molecule has 0 spiro atoms. The Kier molecular flexibility index (Phi) is 4.35. The Hall–Kier alpha value is -1.94. The molecule has 0 unspecified atom stereocenters. The van der Waals surface area contributed by atoms with Gasteiger partial charge in [0.2, 0.25) is 0 Å². The molecule has 20 heavy (non-hydrogen) atoms. The number of nitrogens with zero attached hydrogens (tertiary/aromatic N) is 1. The number of anilines is 2. The molecular weight excluding hydrogens is 258 g/mol. The summed E-state index contributed by atoms with van der Waals surface area (Å²) in [5.41, 5.74) is 7.71. The van der Waals surface area contributed by atoms with Crippen LogP contribution in [0.2, 0.25) is 0 Å². The smallest absolute Gasteiger partial charge is 0.147 e. The van der Waals surface area contributed by atoms with Gasteiger partial charge in [-0.2, -0.15) is 0 Å². The van der Waals surface area contributed by atoms with E-state index in [1.165, 1.54) is 18.2 Å². The molecule has 0 aromatic heterocycles. The summed E-state index contributed by atoms with van der Waals surface area (Å²) in [7, 11) is 0. The lowest BCUT2D eigenvalue weighted by atomic mass is 10.1. The van der Waals surface area contributed by atoms with Crippen molar-refractivity contribution in [3.05, 3.63) is 59.7 Å². The third-order valence-corrected chi connectivity index (χ3v) is 3.24. The third-order valence-electron chi connectivity index (χ3n) is 3.24. The van der Waals surface area contributed by atoms with E-state index in [9.17, 15) is 8.78 Å². The molecule has 0 bridgehead atoms. The quantitative estimate of drug-likeness (QED) is 0.909. The van der Waals surface area contributed by atoms with Crippen molar-refractivity contribution < 1.29 is 8.78 Å². The molecule has 4 heteroatoms. The number of hydrogen-bond donors (Lipinski definition) is 1. The van der Waals surface area contributed by atoms with Gasteiger partial charge in [0, 0.05) is 18.3 Å². The highest BCUT2D eigenvalue weighted by molar-refractivity contribution is 5.64. The fourth-order valence-electron chi connectivity index (χ4n) is 2.14. The molecule has 0 fully saturated rings. The Bertz CT molecular complexity index is 580. The molecule has 0 heterocycles. The van der Waals surface area contributed by atoms with E-state index < -0.39 is 0 Å². The number of halogens is 2. The average Bonchev–Trinajstić information content (AvgIpc) is 2.43. The molecule has 1 atom stereocenters. The lowest BCUT2D eigenvalue weighted by Gasteiger charge is -2.24. The van der Waals surface area contributed by atoms with Crippen molar-refractivity contribution >= 4 is 11.4 Å². The summed E-state index contributed by atoms with van der Waals surface area (Å²) in [6.45, 7) is 4.31. The molecule has 2 nitrogen and oxygen atoms in total. The van der Waals surface area contributed by atoms with Crippen molar-refractivity contribution in [2.75, 3.05) is 11.4 Å². The van der Waals surface area contributed by atoms with E-state index >= 15 is 0 Å². The fraction of sp³-hybridized carbons (Fsp3) is 0.250. The van der Waals surface area contributed by atoms with Crippen molar-refractivity contribution in [1.29, 1.82) is 0 Å². The highest BCUT2D eigenvalue weighted by Gasteiger charge is 2.13. The monoisotopic (exact) mass is 276 g/mol. The summed E-state index contributed by atoms with van der Waals surface area (Å²) in [5.74, 6) is -0.636. The van der Waals surface area contributed by atoms with Crippen molar-refractivity contribution in [2.45, 2.75) is 19.9 Å². The second-order valence-corrected chi connectivity index (χ2v) is 4.72. The van der Waals surface area contributed by atoms with Crippen molar-refractivity contribution in [3.8, 4) is 0 Å². The highest BCUT2D eigenvalue weighted by atomic mass is 19.1. The van der Waals surface area contributed by atoms with Gasteiger partial charge >= 0.3 is 0 Å². The first kappa shape index (κ1) is 14.5. The van der Waals surface area contributed by atoms with Gasteiger partial charge in [-0.25, -0.2) is 8.78 Å². The van der Waals surface area contributed by atoms with Crippen LogP contribution in [0.1, 0.15) is 25.5 Å². The maximum Gasteiger partial charge on any atom is 0.147 e. The fourth-order valence-corrected chi connectivity index (χ4v) is 2.14. The summed E-state index contributed by atoms with van der Waals surface area (Å²) in [6, 6.07) is 10.8. The molecular formula is C16H18F2N2. The molecule has 0 aliphatic heterocycles. The minimum atomic E-state index is -0.328. The Morgan fingerprint density at radius 2 is 1.75 bits per heavy atom. The van der Waals surface area contributed by atoms with Crippen LogP contribution >= 0.6 is 0 Å². The first-order chi connectivity index (χ1) is 9.52. The van der Waals surface area contributed by atoms with E-state index in [1.54, 1.807) is 23.1 Å². The van der Waals surface area contributed by atoms with Crippen molar-refractivity contribution in [1.82, 2.24) is 0 Å². The largest absolute Gasteiger partial charge is 0.339 e. The summed E-state index contributed by atoms with van der Waals surface area (Å²) in [6.07, 6.45) is 0. The Balaban J connectivity index is 2.39. The molecule has 106 valence electrons. The molecule has 0 aliphatic rings.